The van der Waals surface area contributed by atoms with Gasteiger partial charge in [0.05, 0.1) is 19.2 Å². The lowest BCUT2D eigenvalue weighted by Crippen LogP contribution is -2.15. The maximum Gasteiger partial charge on any atom is 0.230 e. The third-order valence-electron chi connectivity index (χ3n) is 3.22. The van der Waals surface area contributed by atoms with Gasteiger partial charge in [0.25, 0.3) is 0 Å². The van der Waals surface area contributed by atoms with Crippen molar-refractivity contribution in [2.45, 2.75) is 6.42 Å². The quantitative estimate of drug-likeness (QED) is 0.797. The van der Waals surface area contributed by atoms with Crippen molar-refractivity contribution >= 4 is 34.2 Å². The van der Waals surface area contributed by atoms with Crippen LogP contribution in [-0.4, -0.2) is 18.2 Å². The Labute approximate surface area is 131 Å². The molecule has 0 saturated carbocycles. The van der Waals surface area contributed by atoms with Gasteiger partial charge in [-0.05, 0) is 30.3 Å². The Balaban J connectivity index is 1.79. The summed E-state index contributed by atoms with van der Waals surface area (Å²) in [6, 6.07) is 12.4. The number of ether oxygens (including phenoxy) is 1. The third kappa shape index (κ3) is 2.89. The summed E-state index contributed by atoms with van der Waals surface area (Å²) >= 11 is 5.94. The molecule has 1 aromatic heterocycles. The van der Waals surface area contributed by atoms with E-state index in [0.717, 1.165) is 5.39 Å². The van der Waals surface area contributed by atoms with Gasteiger partial charge in [0.1, 0.15) is 11.4 Å². The standard InChI is InChI=1S/C16H13ClN2O3/c1-21-15-7-6-10(17)8-13(15)18-16(20)9-12-11-4-2-3-5-14(11)22-19-12/h2-8H,9H2,1H3,(H,18,20). The highest BCUT2D eigenvalue weighted by Gasteiger charge is 2.14. The van der Waals surface area contributed by atoms with Crippen LogP contribution in [0.5, 0.6) is 5.75 Å². The number of nitrogens with one attached hydrogen (secondary N) is 1. The third-order valence-corrected chi connectivity index (χ3v) is 3.45. The second-order valence-electron chi connectivity index (χ2n) is 4.69. The summed E-state index contributed by atoms with van der Waals surface area (Å²) in [5, 5.41) is 8.07. The van der Waals surface area contributed by atoms with Crippen molar-refractivity contribution < 1.29 is 14.1 Å². The second-order valence-corrected chi connectivity index (χ2v) is 5.13. The Kier molecular flexibility index (Phi) is 3.98. The normalized spacial score (nSPS) is 10.6. The van der Waals surface area contributed by atoms with E-state index in [1.165, 1.54) is 7.11 Å². The van der Waals surface area contributed by atoms with E-state index in [1.54, 1.807) is 18.2 Å². The SMILES string of the molecule is COc1ccc(Cl)cc1NC(=O)Cc1noc2ccccc12. The topological polar surface area (TPSA) is 64.4 Å². The molecule has 5 nitrogen and oxygen atoms in total. The average molecular weight is 317 g/mol. The fourth-order valence-electron chi connectivity index (χ4n) is 2.19. The van der Waals surface area contributed by atoms with E-state index in [4.69, 9.17) is 20.9 Å². The average Bonchev–Trinajstić information content (AvgIpc) is 2.91. The van der Waals surface area contributed by atoms with Gasteiger partial charge in [0.2, 0.25) is 5.91 Å². The fourth-order valence-corrected chi connectivity index (χ4v) is 2.36. The van der Waals surface area contributed by atoms with Crippen LogP contribution in [0.4, 0.5) is 5.69 Å². The first-order chi connectivity index (χ1) is 10.7. The minimum atomic E-state index is -0.223. The van der Waals surface area contributed by atoms with Crippen LogP contribution < -0.4 is 10.1 Å². The number of anilines is 1. The lowest BCUT2D eigenvalue weighted by atomic mass is 10.1. The van der Waals surface area contributed by atoms with Crippen molar-refractivity contribution in [3.8, 4) is 5.75 Å². The molecule has 1 heterocycles. The molecular formula is C16H13ClN2O3. The molecule has 2 aromatic carbocycles. The summed E-state index contributed by atoms with van der Waals surface area (Å²) < 4.78 is 10.4. The molecule has 1 amide bonds. The Morgan fingerprint density at radius 1 is 1.32 bits per heavy atom. The van der Waals surface area contributed by atoms with Crippen LogP contribution in [0.15, 0.2) is 47.0 Å². The molecule has 0 spiro atoms. The molecule has 3 rings (SSSR count). The van der Waals surface area contributed by atoms with E-state index in [9.17, 15) is 4.79 Å². The maximum atomic E-state index is 12.2. The molecule has 0 aliphatic carbocycles. The zero-order valence-electron chi connectivity index (χ0n) is 11.8. The Morgan fingerprint density at radius 2 is 2.14 bits per heavy atom. The molecule has 0 aliphatic rings. The zero-order chi connectivity index (χ0) is 15.5. The summed E-state index contributed by atoms with van der Waals surface area (Å²) in [7, 11) is 1.53. The largest absolute Gasteiger partial charge is 0.495 e. The number of aromatic nitrogens is 1. The first kappa shape index (κ1) is 14.4. The number of nitrogens with zero attached hydrogens (tertiary/aromatic N) is 1. The van der Waals surface area contributed by atoms with Crippen LogP contribution in [0, 0.1) is 0 Å². The molecule has 0 aliphatic heterocycles. The molecule has 0 atom stereocenters. The van der Waals surface area contributed by atoms with Gasteiger partial charge >= 0.3 is 0 Å². The van der Waals surface area contributed by atoms with Gasteiger partial charge in [0.15, 0.2) is 5.58 Å². The van der Waals surface area contributed by atoms with Crippen molar-refractivity contribution in [2.24, 2.45) is 0 Å². The molecule has 1 N–H and O–H groups in total. The minimum absolute atomic E-state index is 0.104. The summed E-state index contributed by atoms with van der Waals surface area (Å²) in [4.78, 5) is 12.2. The first-order valence-corrected chi connectivity index (χ1v) is 7.02. The fraction of sp³-hybridized carbons (Fsp3) is 0.125. The second kappa shape index (κ2) is 6.07. The molecule has 22 heavy (non-hydrogen) atoms. The number of benzene rings is 2. The monoisotopic (exact) mass is 316 g/mol. The van der Waals surface area contributed by atoms with Crippen molar-refractivity contribution in [3.05, 3.63) is 53.2 Å². The van der Waals surface area contributed by atoms with Crippen LogP contribution in [0.1, 0.15) is 5.69 Å². The van der Waals surface area contributed by atoms with Gasteiger partial charge in [-0.25, -0.2) is 0 Å². The predicted octanol–water partition coefficient (Wildman–Crippen LogP) is 3.67. The molecule has 3 aromatic rings. The van der Waals surface area contributed by atoms with Crippen molar-refractivity contribution in [1.29, 1.82) is 0 Å². The summed E-state index contributed by atoms with van der Waals surface area (Å²) in [5.41, 5.74) is 1.77. The number of rotatable bonds is 4. The molecule has 0 saturated heterocycles. The van der Waals surface area contributed by atoms with Crippen LogP contribution in [-0.2, 0) is 11.2 Å². The number of hydrogen-bond donors (Lipinski definition) is 1. The highest BCUT2D eigenvalue weighted by atomic mass is 35.5. The molecule has 0 unspecified atom stereocenters. The lowest BCUT2D eigenvalue weighted by molar-refractivity contribution is -0.115. The molecule has 112 valence electrons. The predicted molar refractivity (Wildman–Crippen MR) is 84.3 cm³/mol. The number of methoxy groups -OCH3 is 1. The van der Waals surface area contributed by atoms with Gasteiger partial charge in [-0.15, -0.1) is 0 Å². The number of hydrogen-bond acceptors (Lipinski definition) is 4. The molecule has 6 heteroatoms. The van der Waals surface area contributed by atoms with E-state index < -0.39 is 0 Å². The number of fused-ring (bicyclic) bond motifs is 1. The summed E-state index contributed by atoms with van der Waals surface area (Å²) in [6.45, 7) is 0. The minimum Gasteiger partial charge on any atom is -0.495 e. The molecule has 0 bridgehead atoms. The number of halogens is 1. The molecule has 0 radical (unpaired) electrons. The van der Waals surface area contributed by atoms with Crippen LogP contribution in [0.2, 0.25) is 5.02 Å². The van der Waals surface area contributed by atoms with Gasteiger partial charge in [-0.3, -0.25) is 4.79 Å². The van der Waals surface area contributed by atoms with Crippen molar-refractivity contribution in [3.63, 3.8) is 0 Å². The van der Waals surface area contributed by atoms with Crippen LogP contribution >= 0.6 is 11.6 Å². The smallest absolute Gasteiger partial charge is 0.230 e. The first-order valence-electron chi connectivity index (χ1n) is 6.64. The zero-order valence-corrected chi connectivity index (χ0v) is 12.6. The summed E-state index contributed by atoms with van der Waals surface area (Å²) in [6.07, 6.45) is 0.104. The maximum absolute atomic E-state index is 12.2. The van der Waals surface area contributed by atoms with Crippen LogP contribution in [0.3, 0.4) is 0 Å². The van der Waals surface area contributed by atoms with Gasteiger partial charge in [-0.2, -0.15) is 0 Å². The van der Waals surface area contributed by atoms with Crippen molar-refractivity contribution in [2.75, 3.05) is 12.4 Å². The van der Waals surface area contributed by atoms with Gasteiger partial charge < -0.3 is 14.6 Å². The van der Waals surface area contributed by atoms with E-state index in [0.29, 0.717) is 27.7 Å². The van der Waals surface area contributed by atoms with E-state index in [-0.39, 0.29) is 12.3 Å². The number of carbonyl (C=O) groups excluding carboxylic acids is 1. The highest BCUT2D eigenvalue weighted by molar-refractivity contribution is 6.31. The lowest BCUT2D eigenvalue weighted by Gasteiger charge is -2.10. The van der Waals surface area contributed by atoms with Gasteiger partial charge in [-0.1, -0.05) is 28.9 Å². The van der Waals surface area contributed by atoms with E-state index in [1.807, 2.05) is 24.3 Å². The van der Waals surface area contributed by atoms with E-state index >= 15 is 0 Å². The van der Waals surface area contributed by atoms with Crippen molar-refractivity contribution in [1.82, 2.24) is 5.16 Å². The molecule has 0 fully saturated rings. The summed E-state index contributed by atoms with van der Waals surface area (Å²) in [5.74, 6) is 0.322. The Bertz CT molecular complexity index is 829. The number of amides is 1. The number of carbonyl (C=O) groups is 1. The van der Waals surface area contributed by atoms with E-state index in [2.05, 4.69) is 10.5 Å². The Hall–Kier alpha value is -2.53. The number of para-hydroxylation sites is 1. The Morgan fingerprint density at radius 3 is 2.95 bits per heavy atom. The van der Waals surface area contributed by atoms with Gasteiger partial charge in [0, 0.05) is 10.4 Å². The molecular weight excluding hydrogens is 304 g/mol. The van der Waals surface area contributed by atoms with Crippen LogP contribution in [0.25, 0.3) is 11.0 Å². The highest BCUT2D eigenvalue weighted by Crippen LogP contribution is 2.28.